The number of carbonyl (C=O) groups excluding carboxylic acids is 1. The largest absolute Gasteiger partial charge is 0.422 e. The van der Waals surface area contributed by atoms with E-state index in [1.54, 1.807) is 37.2 Å². The second-order valence-corrected chi connectivity index (χ2v) is 3.28. The normalized spacial score (nSPS) is 9.53. The number of hydrogen-bond acceptors (Lipinski definition) is 4. The van der Waals surface area contributed by atoms with Gasteiger partial charge in [0.05, 0.1) is 5.69 Å². The SMILES string of the molecule is CC(=O)Oc1ccccc(N(C)C)c1=O. The molecule has 0 unspecified atom stereocenters. The Labute approximate surface area is 88.1 Å². The maximum Gasteiger partial charge on any atom is 0.308 e. The third-order valence-corrected chi connectivity index (χ3v) is 1.80. The number of nitrogens with zero attached hydrogens (tertiary/aromatic N) is 1. The molecule has 15 heavy (non-hydrogen) atoms. The Morgan fingerprint density at radius 2 is 1.87 bits per heavy atom. The van der Waals surface area contributed by atoms with Crippen LogP contribution in [-0.2, 0) is 4.79 Å². The molecule has 1 aromatic carbocycles. The van der Waals surface area contributed by atoms with Crippen molar-refractivity contribution in [1.82, 2.24) is 0 Å². The van der Waals surface area contributed by atoms with Crippen molar-refractivity contribution in [2.24, 2.45) is 0 Å². The third kappa shape index (κ3) is 2.80. The van der Waals surface area contributed by atoms with E-state index in [0.717, 1.165) is 0 Å². The van der Waals surface area contributed by atoms with Crippen LogP contribution in [0.4, 0.5) is 5.69 Å². The average Bonchev–Trinajstić information content (AvgIpc) is 2.29. The summed E-state index contributed by atoms with van der Waals surface area (Å²) in [5, 5.41) is 0. The lowest BCUT2D eigenvalue weighted by atomic mass is 10.4. The smallest absolute Gasteiger partial charge is 0.308 e. The molecule has 0 fully saturated rings. The third-order valence-electron chi connectivity index (χ3n) is 1.80. The molecule has 0 aromatic heterocycles. The molecule has 0 aliphatic carbocycles. The molecule has 0 aliphatic rings. The quantitative estimate of drug-likeness (QED) is 0.680. The van der Waals surface area contributed by atoms with Crippen molar-refractivity contribution in [3.05, 3.63) is 34.5 Å². The number of hydrogen-bond donors (Lipinski definition) is 0. The molecule has 4 heteroatoms. The van der Waals surface area contributed by atoms with E-state index in [4.69, 9.17) is 4.74 Å². The van der Waals surface area contributed by atoms with Gasteiger partial charge in [-0.3, -0.25) is 9.59 Å². The highest BCUT2D eigenvalue weighted by Gasteiger charge is 2.07. The van der Waals surface area contributed by atoms with E-state index < -0.39 is 5.97 Å². The van der Waals surface area contributed by atoms with Crippen molar-refractivity contribution in [3.8, 4) is 5.75 Å². The van der Waals surface area contributed by atoms with E-state index in [1.165, 1.54) is 13.0 Å². The van der Waals surface area contributed by atoms with Crippen molar-refractivity contribution in [1.29, 1.82) is 0 Å². The van der Waals surface area contributed by atoms with E-state index in [9.17, 15) is 9.59 Å². The summed E-state index contributed by atoms with van der Waals surface area (Å²) < 4.78 is 4.82. The molecule has 0 saturated carbocycles. The summed E-state index contributed by atoms with van der Waals surface area (Å²) in [5.74, 6) is -0.445. The summed E-state index contributed by atoms with van der Waals surface area (Å²) in [6.45, 7) is 1.27. The highest BCUT2D eigenvalue weighted by molar-refractivity contribution is 5.69. The molecule has 0 radical (unpaired) electrons. The summed E-state index contributed by atoms with van der Waals surface area (Å²) in [6, 6.07) is 6.54. The number of anilines is 1. The Balaban J connectivity index is 3.31. The minimum Gasteiger partial charge on any atom is -0.422 e. The fourth-order valence-corrected chi connectivity index (χ4v) is 1.15. The van der Waals surface area contributed by atoms with E-state index in [1.807, 2.05) is 0 Å². The van der Waals surface area contributed by atoms with Crippen LogP contribution in [0, 0.1) is 0 Å². The minimum atomic E-state index is -0.497. The Morgan fingerprint density at radius 1 is 1.27 bits per heavy atom. The Hall–Kier alpha value is -1.84. The molecule has 4 nitrogen and oxygen atoms in total. The highest BCUT2D eigenvalue weighted by atomic mass is 16.5. The second kappa shape index (κ2) is 4.59. The first-order chi connectivity index (χ1) is 7.02. The van der Waals surface area contributed by atoms with Crippen LogP contribution < -0.4 is 15.1 Å². The van der Waals surface area contributed by atoms with Crippen molar-refractivity contribution < 1.29 is 9.53 Å². The van der Waals surface area contributed by atoms with Gasteiger partial charge in [-0.2, -0.15) is 0 Å². The van der Waals surface area contributed by atoms with Crippen LogP contribution in [0.25, 0.3) is 0 Å². The summed E-state index contributed by atoms with van der Waals surface area (Å²) in [7, 11) is 3.52. The van der Waals surface area contributed by atoms with Crippen molar-refractivity contribution >= 4 is 11.7 Å². The van der Waals surface area contributed by atoms with E-state index in [-0.39, 0.29) is 11.2 Å². The highest BCUT2D eigenvalue weighted by Crippen LogP contribution is 2.09. The zero-order valence-electron chi connectivity index (χ0n) is 8.98. The van der Waals surface area contributed by atoms with Crippen molar-refractivity contribution in [2.75, 3.05) is 19.0 Å². The van der Waals surface area contributed by atoms with Gasteiger partial charge in [-0.1, -0.05) is 12.1 Å². The Bertz CT molecular complexity index is 426. The first-order valence-corrected chi connectivity index (χ1v) is 4.51. The predicted molar refractivity (Wildman–Crippen MR) is 58.3 cm³/mol. The van der Waals surface area contributed by atoms with Crippen LogP contribution in [0.1, 0.15) is 6.92 Å². The number of rotatable bonds is 2. The standard InChI is InChI=1S/C11H13NO3/c1-8(13)15-10-7-5-4-6-9(11(10)14)12(2)3/h4-7H,1-3H3. The first-order valence-electron chi connectivity index (χ1n) is 4.51. The van der Waals surface area contributed by atoms with Crippen LogP contribution in [0.5, 0.6) is 5.75 Å². The molecule has 0 aliphatic heterocycles. The molecule has 0 spiro atoms. The molecule has 0 atom stereocenters. The van der Waals surface area contributed by atoms with E-state index >= 15 is 0 Å². The molecule has 0 bridgehead atoms. The van der Waals surface area contributed by atoms with Gasteiger partial charge in [0.25, 0.3) is 0 Å². The summed E-state index contributed by atoms with van der Waals surface area (Å²) in [6.07, 6.45) is 0. The van der Waals surface area contributed by atoms with Gasteiger partial charge in [0.2, 0.25) is 5.43 Å². The first kappa shape index (κ1) is 11.2. The van der Waals surface area contributed by atoms with E-state index in [0.29, 0.717) is 5.69 Å². The van der Waals surface area contributed by atoms with Gasteiger partial charge in [0.1, 0.15) is 0 Å². The zero-order valence-corrected chi connectivity index (χ0v) is 8.98. The average molecular weight is 207 g/mol. The lowest BCUT2D eigenvalue weighted by Gasteiger charge is -2.09. The second-order valence-electron chi connectivity index (χ2n) is 3.28. The van der Waals surface area contributed by atoms with Gasteiger partial charge in [-0.15, -0.1) is 0 Å². The van der Waals surface area contributed by atoms with Gasteiger partial charge >= 0.3 is 5.97 Å². The maximum atomic E-state index is 11.8. The fraction of sp³-hybridized carbons (Fsp3) is 0.273. The molecule has 0 saturated heterocycles. The van der Waals surface area contributed by atoms with Crippen LogP contribution in [0.2, 0.25) is 0 Å². The van der Waals surface area contributed by atoms with Crippen LogP contribution in [0.3, 0.4) is 0 Å². The monoisotopic (exact) mass is 207 g/mol. The predicted octanol–water partition coefficient (Wildman–Crippen LogP) is 1.04. The molecular weight excluding hydrogens is 194 g/mol. The van der Waals surface area contributed by atoms with Gasteiger partial charge in [-0.05, 0) is 12.1 Å². The zero-order chi connectivity index (χ0) is 11.4. The Morgan fingerprint density at radius 3 is 2.40 bits per heavy atom. The lowest BCUT2D eigenvalue weighted by Crippen LogP contribution is -2.19. The lowest BCUT2D eigenvalue weighted by molar-refractivity contribution is -0.131. The molecular formula is C11H13NO3. The molecule has 0 heterocycles. The molecule has 0 N–H and O–H groups in total. The molecule has 0 amide bonds. The topological polar surface area (TPSA) is 46.6 Å². The van der Waals surface area contributed by atoms with Crippen LogP contribution in [-0.4, -0.2) is 20.1 Å². The Kier molecular flexibility index (Phi) is 3.44. The number of esters is 1. The maximum absolute atomic E-state index is 11.8. The number of ether oxygens (including phenoxy) is 1. The number of carbonyl (C=O) groups is 1. The summed E-state index contributed by atoms with van der Waals surface area (Å²) in [4.78, 5) is 24.3. The summed E-state index contributed by atoms with van der Waals surface area (Å²) >= 11 is 0. The molecule has 80 valence electrons. The summed E-state index contributed by atoms with van der Waals surface area (Å²) in [5.41, 5.74) is 0.191. The van der Waals surface area contributed by atoms with Gasteiger partial charge in [-0.25, -0.2) is 0 Å². The van der Waals surface area contributed by atoms with Crippen LogP contribution >= 0.6 is 0 Å². The van der Waals surface area contributed by atoms with Gasteiger partial charge < -0.3 is 9.64 Å². The molecule has 1 aromatic rings. The van der Waals surface area contributed by atoms with E-state index in [2.05, 4.69) is 0 Å². The van der Waals surface area contributed by atoms with Gasteiger partial charge in [0, 0.05) is 21.0 Å². The van der Waals surface area contributed by atoms with Crippen molar-refractivity contribution in [3.63, 3.8) is 0 Å². The minimum absolute atomic E-state index is 0.0520. The van der Waals surface area contributed by atoms with Gasteiger partial charge in [0.15, 0.2) is 5.75 Å². The van der Waals surface area contributed by atoms with Crippen LogP contribution in [0.15, 0.2) is 29.1 Å². The van der Waals surface area contributed by atoms with Crippen molar-refractivity contribution in [2.45, 2.75) is 6.92 Å². The molecule has 1 rings (SSSR count). The fourth-order valence-electron chi connectivity index (χ4n) is 1.15.